The highest BCUT2D eigenvalue weighted by Gasteiger charge is 2.33. The van der Waals surface area contributed by atoms with Gasteiger partial charge in [0.05, 0.1) is 11.3 Å². The monoisotopic (exact) mass is 487 g/mol. The lowest BCUT2D eigenvalue weighted by atomic mass is 9.99. The Bertz CT molecular complexity index is 1220. The number of nitrogens with one attached hydrogen (secondary N) is 1. The molecule has 3 aromatic carbocycles. The molecule has 0 heterocycles. The predicted octanol–water partition coefficient (Wildman–Crippen LogP) is 5.00. The van der Waals surface area contributed by atoms with Gasteiger partial charge in [0.15, 0.2) is 0 Å². The van der Waals surface area contributed by atoms with Crippen LogP contribution in [0, 0.1) is 17.0 Å². The highest BCUT2D eigenvalue weighted by Crippen LogP contribution is 2.22. The van der Waals surface area contributed by atoms with Crippen LogP contribution in [0.15, 0.2) is 78.9 Å². The van der Waals surface area contributed by atoms with Crippen molar-refractivity contribution >= 4 is 17.5 Å². The molecule has 0 aliphatic carbocycles. The van der Waals surface area contributed by atoms with Crippen LogP contribution in [-0.4, -0.2) is 33.2 Å². The molecule has 0 bridgehead atoms. The zero-order chi connectivity index (χ0) is 26.3. The summed E-state index contributed by atoms with van der Waals surface area (Å²) < 4.78 is 0. The van der Waals surface area contributed by atoms with Gasteiger partial charge >= 0.3 is 0 Å². The van der Waals surface area contributed by atoms with E-state index in [2.05, 4.69) is 5.32 Å². The molecule has 1 atom stereocenters. The lowest BCUT2D eigenvalue weighted by Crippen LogP contribution is -2.54. The molecule has 0 aliphatic rings. The number of hydrogen-bond donors (Lipinski definition) is 1. The number of aryl methyl sites for hydroxylation is 1. The highest BCUT2D eigenvalue weighted by molar-refractivity contribution is 5.89. The van der Waals surface area contributed by atoms with Crippen LogP contribution in [0.5, 0.6) is 0 Å². The fourth-order valence-electron chi connectivity index (χ4n) is 4.08. The smallest absolute Gasteiger partial charge is 0.273 e. The molecular weight excluding hydrogens is 454 g/mol. The van der Waals surface area contributed by atoms with Crippen LogP contribution < -0.4 is 5.32 Å². The molecule has 1 N–H and O–H groups in total. The Hall–Kier alpha value is -4.00. The summed E-state index contributed by atoms with van der Waals surface area (Å²) in [5.41, 5.74) is 2.53. The van der Waals surface area contributed by atoms with Gasteiger partial charge in [0.1, 0.15) is 6.04 Å². The predicted molar refractivity (Wildman–Crippen MR) is 140 cm³/mol. The van der Waals surface area contributed by atoms with E-state index in [1.165, 1.54) is 6.07 Å². The molecule has 188 valence electrons. The van der Waals surface area contributed by atoms with Crippen molar-refractivity contribution in [3.8, 4) is 0 Å². The Kier molecular flexibility index (Phi) is 8.59. The highest BCUT2D eigenvalue weighted by atomic mass is 16.6. The molecule has 36 heavy (non-hydrogen) atoms. The summed E-state index contributed by atoms with van der Waals surface area (Å²) in [6, 6.07) is 22.7. The van der Waals surface area contributed by atoms with Crippen molar-refractivity contribution in [2.45, 2.75) is 58.7 Å². The number of carbonyl (C=O) groups excluding carboxylic acids is 2. The van der Waals surface area contributed by atoms with Crippen molar-refractivity contribution in [3.05, 3.63) is 111 Å². The number of hydrogen-bond acceptors (Lipinski definition) is 4. The minimum Gasteiger partial charge on any atom is -0.350 e. The first-order valence-corrected chi connectivity index (χ1v) is 12.0. The van der Waals surface area contributed by atoms with Gasteiger partial charge in [-0.1, -0.05) is 72.8 Å². The first-order chi connectivity index (χ1) is 17.0. The standard InChI is InChI=1S/C29H33N3O4/c1-21-12-8-9-16-24(21)20-31(27(33)19-23-15-10-11-17-25(23)32(35)36)26(28(34)30-29(2,3)4)18-22-13-6-5-7-14-22/h5-17,26H,18-20H2,1-4H3,(H,30,34)/t26-/m1/s1. The summed E-state index contributed by atoms with van der Waals surface area (Å²) >= 11 is 0. The second kappa shape index (κ2) is 11.6. The van der Waals surface area contributed by atoms with Gasteiger partial charge in [0.2, 0.25) is 11.8 Å². The van der Waals surface area contributed by atoms with Crippen LogP contribution in [0.25, 0.3) is 0 Å². The largest absolute Gasteiger partial charge is 0.350 e. The Morgan fingerprint density at radius 3 is 2.11 bits per heavy atom. The summed E-state index contributed by atoms with van der Waals surface area (Å²) in [5, 5.41) is 14.6. The maximum absolute atomic E-state index is 13.8. The zero-order valence-corrected chi connectivity index (χ0v) is 21.2. The van der Waals surface area contributed by atoms with Gasteiger partial charge in [-0.05, 0) is 44.4 Å². The van der Waals surface area contributed by atoms with E-state index < -0.39 is 16.5 Å². The Morgan fingerprint density at radius 1 is 0.917 bits per heavy atom. The number of nitro groups is 1. The van der Waals surface area contributed by atoms with E-state index in [4.69, 9.17) is 0 Å². The van der Waals surface area contributed by atoms with Gasteiger partial charge in [-0.2, -0.15) is 0 Å². The Morgan fingerprint density at radius 2 is 1.50 bits per heavy atom. The molecule has 3 aromatic rings. The molecule has 0 unspecified atom stereocenters. The number of nitrogens with zero attached hydrogens (tertiary/aromatic N) is 2. The number of nitro benzene ring substituents is 1. The van der Waals surface area contributed by atoms with Crippen LogP contribution in [0.1, 0.15) is 43.0 Å². The molecule has 2 amide bonds. The van der Waals surface area contributed by atoms with Gasteiger partial charge < -0.3 is 10.2 Å². The maximum Gasteiger partial charge on any atom is 0.273 e. The molecule has 0 saturated heterocycles. The molecule has 7 heteroatoms. The van der Waals surface area contributed by atoms with Crippen LogP contribution in [-0.2, 0) is 29.0 Å². The van der Waals surface area contributed by atoms with Crippen molar-refractivity contribution in [1.82, 2.24) is 10.2 Å². The van der Waals surface area contributed by atoms with Gasteiger partial charge in [-0.25, -0.2) is 0 Å². The summed E-state index contributed by atoms with van der Waals surface area (Å²) in [6.07, 6.45) is 0.133. The maximum atomic E-state index is 13.8. The van der Waals surface area contributed by atoms with Crippen molar-refractivity contribution < 1.29 is 14.5 Å². The third-order valence-corrected chi connectivity index (χ3v) is 5.90. The first kappa shape index (κ1) is 26.6. The molecule has 0 radical (unpaired) electrons. The van der Waals surface area contributed by atoms with Gasteiger partial charge in [-0.3, -0.25) is 19.7 Å². The Labute approximate surface area is 212 Å². The third kappa shape index (κ3) is 7.25. The van der Waals surface area contributed by atoms with Gasteiger partial charge in [0, 0.05) is 30.1 Å². The minimum absolute atomic E-state index is 0.111. The van der Waals surface area contributed by atoms with Crippen LogP contribution >= 0.6 is 0 Å². The molecule has 7 nitrogen and oxygen atoms in total. The fourth-order valence-corrected chi connectivity index (χ4v) is 4.08. The quantitative estimate of drug-likeness (QED) is 0.340. The average Bonchev–Trinajstić information content (AvgIpc) is 2.82. The van der Waals surface area contributed by atoms with Crippen molar-refractivity contribution in [3.63, 3.8) is 0 Å². The summed E-state index contributed by atoms with van der Waals surface area (Å²) in [5.74, 6) is -0.617. The van der Waals surface area contributed by atoms with Crippen LogP contribution in [0.3, 0.4) is 0 Å². The SMILES string of the molecule is Cc1ccccc1CN(C(=O)Cc1ccccc1[N+](=O)[O-])[C@H](Cc1ccccc1)C(=O)NC(C)(C)C. The lowest BCUT2D eigenvalue weighted by molar-refractivity contribution is -0.385. The number of para-hydroxylation sites is 1. The van der Waals surface area contributed by atoms with E-state index in [9.17, 15) is 19.7 Å². The van der Waals surface area contributed by atoms with Crippen LogP contribution in [0.2, 0.25) is 0 Å². The molecule has 3 rings (SSSR count). The fraction of sp³-hybridized carbons (Fsp3) is 0.310. The van der Waals surface area contributed by atoms with E-state index in [1.807, 2.05) is 82.3 Å². The molecular formula is C29H33N3O4. The van der Waals surface area contributed by atoms with E-state index in [0.29, 0.717) is 12.0 Å². The second-order valence-corrected chi connectivity index (χ2v) is 9.96. The summed E-state index contributed by atoms with van der Waals surface area (Å²) in [7, 11) is 0. The third-order valence-electron chi connectivity index (χ3n) is 5.90. The summed E-state index contributed by atoms with van der Waals surface area (Å²) in [6.45, 7) is 7.85. The van der Waals surface area contributed by atoms with Crippen molar-refractivity contribution in [2.75, 3.05) is 0 Å². The number of amides is 2. The van der Waals surface area contributed by atoms with Gasteiger partial charge in [-0.15, -0.1) is 0 Å². The van der Waals surface area contributed by atoms with E-state index >= 15 is 0 Å². The minimum atomic E-state index is -0.804. The molecule has 0 spiro atoms. The van der Waals surface area contributed by atoms with E-state index in [1.54, 1.807) is 23.1 Å². The van der Waals surface area contributed by atoms with E-state index in [-0.39, 0.29) is 30.5 Å². The number of rotatable bonds is 9. The molecule has 0 aromatic heterocycles. The molecule has 0 aliphatic heterocycles. The topological polar surface area (TPSA) is 92.6 Å². The number of carbonyl (C=O) groups is 2. The zero-order valence-electron chi connectivity index (χ0n) is 21.2. The molecule has 0 saturated carbocycles. The number of benzene rings is 3. The summed E-state index contributed by atoms with van der Waals surface area (Å²) in [4.78, 5) is 40.1. The van der Waals surface area contributed by atoms with Gasteiger partial charge in [0.25, 0.3) is 5.69 Å². The van der Waals surface area contributed by atoms with Crippen LogP contribution in [0.4, 0.5) is 5.69 Å². The normalized spacial score (nSPS) is 12.0. The molecule has 0 fully saturated rings. The van der Waals surface area contributed by atoms with E-state index in [0.717, 1.165) is 16.7 Å². The average molecular weight is 488 g/mol. The lowest BCUT2D eigenvalue weighted by Gasteiger charge is -2.34. The first-order valence-electron chi connectivity index (χ1n) is 12.0. The van der Waals surface area contributed by atoms with Crippen molar-refractivity contribution in [2.24, 2.45) is 0 Å². The Balaban J connectivity index is 2.05. The van der Waals surface area contributed by atoms with Crippen molar-refractivity contribution in [1.29, 1.82) is 0 Å². The second-order valence-electron chi connectivity index (χ2n) is 9.96.